The molecule has 0 saturated heterocycles. The first-order chi connectivity index (χ1) is 11.4. The molecule has 0 aliphatic heterocycles. The molecular formula is C17H19ClN2O3S. The SMILES string of the molecule is CS(=O)(=O)Nc1ccccc1C(=O)NCCCc1ccccc1Cl. The lowest BCUT2D eigenvalue weighted by atomic mass is 10.1. The van der Waals surface area contributed by atoms with Crippen LogP contribution in [0, 0.1) is 0 Å². The van der Waals surface area contributed by atoms with Gasteiger partial charge in [0.05, 0.1) is 17.5 Å². The number of sulfonamides is 1. The summed E-state index contributed by atoms with van der Waals surface area (Å²) in [6.07, 6.45) is 2.53. The third-order valence-corrected chi connectivity index (χ3v) is 4.29. The number of benzene rings is 2. The fraction of sp³-hybridized carbons (Fsp3) is 0.235. The van der Waals surface area contributed by atoms with E-state index in [9.17, 15) is 13.2 Å². The van der Waals surface area contributed by atoms with Crippen molar-refractivity contribution in [1.29, 1.82) is 0 Å². The van der Waals surface area contributed by atoms with Crippen LogP contribution in [0.1, 0.15) is 22.3 Å². The first kappa shape index (κ1) is 18.3. The van der Waals surface area contributed by atoms with E-state index in [0.29, 0.717) is 17.1 Å². The molecule has 7 heteroatoms. The van der Waals surface area contributed by atoms with E-state index in [-0.39, 0.29) is 11.6 Å². The number of amides is 1. The van der Waals surface area contributed by atoms with Crippen LogP contribution in [0.15, 0.2) is 48.5 Å². The van der Waals surface area contributed by atoms with E-state index in [4.69, 9.17) is 11.6 Å². The highest BCUT2D eigenvalue weighted by atomic mass is 35.5. The van der Waals surface area contributed by atoms with Gasteiger partial charge >= 0.3 is 0 Å². The minimum Gasteiger partial charge on any atom is -0.352 e. The number of carbonyl (C=O) groups excluding carboxylic acids is 1. The second kappa shape index (κ2) is 8.17. The van der Waals surface area contributed by atoms with E-state index in [0.717, 1.165) is 24.7 Å². The molecule has 2 aromatic rings. The zero-order valence-corrected chi connectivity index (χ0v) is 14.8. The van der Waals surface area contributed by atoms with Crippen LogP contribution >= 0.6 is 11.6 Å². The largest absolute Gasteiger partial charge is 0.352 e. The summed E-state index contributed by atoms with van der Waals surface area (Å²) in [5, 5.41) is 3.51. The Labute approximate surface area is 147 Å². The normalized spacial score (nSPS) is 11.1. The lowest BCUT2D eigenvalue weighted by molar-refractivity contribution is 0.0954. The summed E-state index contributed by atoms with van der Waals surface area (Å²) >= 11 is 6.09. The average molecular weight is 367 g/mol. The third kappa shape index (κ3) is 5.54. The summed E-state index contributed by atoms with van der Waals surface area (Å²) in [5.41, 5.74) is 1.59. The molecule has 2 rings (SSSR count). The molecule has 0 saturated carbocycles. The van der Waals surface area contributed by atoms with Gasteiger partial charge in [0.15, 0.2) is 0 Å². The van der Waals surface area contributed by atoms with Crippen molar-refractivity contribution in [3.8, 4) is 0 Å². The molecule has 0 aromatic heterocycles. The summed E-state index contributed by atoms with van der Waals surface area (Å²) < 4.78 is 25.1. The Morgan fingerprint density at radius 3 is 2.46 bits per heavy atom. The Morgan fingerprint density at radius 2 is 1.75 bits per heavy atom. The van der Waals surface area contributed by atoms with Gasteiger partial charge in [-0.1, -0.05) is 41.9 Å². The highest BCUT2D eigenvalue weighted by Gasteiger charge is 2.13. The zero-order chi connectivity index (χ0) is 17.6. The van der Waals surface area contributed by atoms with Crippen LogP contribution in [0.5, 0.6) is 0 Å². The van der Waals surface area contributed by atoms with Crippen molar-refractivity contribution in [1.82, 2.24) is 5.32 Å². The minimum atomic E-state index is -3.44. The molecule has 0 spiro atoms. The monoisotopic (exact) mass is 366 g/mol. The van der Waals surface area contributed by atoms with Gasteiger partial charge in [0.25, 0.3) is 5.91 Å². The summed E-state index contributed by atoms with van der Waals surface area (Å²) in [7, 11) is -3.44. The van der Waals surface area contributed by atoms with Crippen LogP contribution in [0.3, 0.4) is 0 Å². The fourth-order valence-corrected chi connectivity index (χ4v) is 3.05. The topological polar surface area (TPSA) is 75.3 Å². The van der Waals surface area contributed by atoms with Crippen molar-refractivity contribution < 1.29 is 13.2 Å². The number of halogens is 1. The third-order valence-electron chi connectivity index (χ3n) is 3.33. The number of anilines is 1. The highest BCUT2D eigenvalue weighted by molar-refractivity contribution is 7.92. The standard InChI is InChI=1S/C17H19ClN2O3S/c1-24(22,23)20-16-11-5-3-9-14(16)17(21)19-12-6-8-13-7-2-4-10-15(13)18/h2-5,7,9-11,20H,6,8,12H2,1H3,(H,19,21). The number of nitrogens with one attached hydrogen (secondary N) is 2. The van der Waals surface area contributed by atoms with Gasteiger partial charge in [0, 0.05) is 11.6 Å². The Hall–Kier alpha value is -2.05. The molecule has 0 fully saturated rings. The minimum absolute atomic E-state index is 0.267. The smallest absolute Gasteiger partial charge is 0.253 e. The zero-order valence-electron chi connectivity index (χ0n) is 13.3. The number of carbonyl (C=O) groups is 1. The lowest BCUT2D eigenvalue weighted by Gasteiger charge is -2.11. The summed E-state index contributed by atoms with van der Waals surface area (Å²) in [4.78, 5) is 12.3. The molecule has 0 atom stereocenters. The summed E-state index contributed by atoms with van der Waals surface area (Å²) in [6, 6.07) is 14.1. The van der Waals surface area contributed by atoms with Gasteiger partial charge in [-0.15, -0.1) is 0 Å². The van der Waals surface area contributed by atoms with Crippen molar-refractivity contribution in [3.05, 3.63) is 64.7 Å². The molecular weight excluding hydrogens is 348 g/mol. The summed E-state index contributed by atoms with van der Waals surface area (Å²) in [6.45, 7) is 0.470. The maximum atomic E-state index is 12.3. The van der Waals surface area contributed by atoms with Gasteiger partial charge in [-0.05, 0) is 36.6 Å². The molecule has 0 bridgehead atoms. The Balaban J connectivity index is 1.92. The average Bonchev–Trinajstić information content (AvgIpc) is 2.52. The number of rotatable bonds is 7. The van der Waals surface area contributed by atoms with Crippen LogP contribution in [0.25, 0.3) is 0 Å². The Morgan fingerprint density at radius 1 is 1.08 bits per heavy atom. The predicted molar refractivity (Wildman–Crippen MR) is 97.0 cm³/mol. The van der Waals surface area contributed by atoms with Crippen molar-refractivity contribution in [2.75, 3.05) is 17.5 Å². The predicted octanol–water partition coefficient (Wildman–Crippen LogP) is 3.07. The van der Waals surface area contributed by atoms with E-state index in [1.807, 2.05) is 24.3 Å². The Bertz CT molecular complexity index is 822. The number of aryl methyl sites for hydroxylation is 1. The van der Waals surface area contributed by atoms with E-state index < -0.39 is 10.0 Å². The fourth-order valence-electron chi connectivity index (χ4n) is 2.25. The molecule has 0 radical (unpaired) electrons. The molecule has 128 valence electrons. The lowest BCUT2D eigenvalue weighted by Crippen LogP contribution is -2.26. The van der Waals surface area contributed by atoms with Crippen molar-refractivity contribution >= 4 is 33.2 Å². The van der Waals surface area contributed by atoms with Gasteiger partial charge in [0.2, 0.25) is 10.0 Å². The van der Waals surface area contributed by atoms with Crippen molar-refractivity contribution in [3.63, 3.8) is 0 Å². The summed E-state index contributed by atoms with van der Waals surface area (Å²) in [5.74, 6) is -0.319. The molecule has 2 N–H and O–H groups in total. The van der Waals surface area contributed by atoms with Gasteiger partial charge in [-0.25, -0.2) is 8.42 Å². The molecule has 24 heavy (non-hydrogen) atoms. The van der Waals surface area contributed by atoms with E-state index in [1.165, 1.54) is 0 Å². The Kier molecular flexibility index (Phi) is 6.23. The molecule has 0 aliphatic rings. The van der Waals surface area contributed by atoms with E-state index >= 15 is 0 Å². The van der Waals surface area contributed by atoms with E-state index in [1.54, 1.807) is 24.3 Å². The van der Waals surface area contributed by atoms with E-state index in [2.05, 4.69) is 10.0 Å². The molecule has 5 nitrogen and oxygen atoms in total. The van der Waals surface area contributed by atoms with Crippen molar-refractivity contribution in [2.24, 2.45) is 0 Å². The molecule has 1 amide bonds. The first-order valence-electron chi connectivity index (χ1n) is 7.45. The van der Waals surface area contributed by atoms with Gasteiger partial charge in [-0.2, -0.15) is 0 Å². The van der Waals surface area contributed by atoms with Gasteiger partial charge < -0.3 is 5.32 Å². The molecule has 0 unspecified atom stereocenters. The van der Waals surface area contributed by atoms with Gasteiger partial charge in [-0.3, -0.25) is 9.52 Å². The molecule has 2 aromatic carbocycles. The van der Waals surface area contributed by atoms with Crippen LogP contribution in [0.4, 0.5) is 5.69 Å². The van der Waals surface area contributed by atoms with Crippen molar-refractivity contribution in [2.45, 2.75) is 12.8 Å². The number of para-hydroxylation sites is 1. The second-order valence-corrected chi connectivity index (χ2v) is 7.53. The maximum Gasteiger partial charge on any atom is 0.253 e. The van der Waals surface area contributed by atoms with Crippen LogP contribution < -0.4 is 10.0 Å². The number of hydrogen-bond donors (Lipinski definition) is 2. The molecule has 0 heterocycles. The highest BCUT2D eigenvalue weighted by Crippen LogP contribution is 2.17. The molecule has 0 aliphatic carbocycles. The van der Waals surface area contributed by atoms with Crippen LogP contribution in [0.2, 0.25) is 5.02 Å². The first-order valence-corrected chi connectivity index (χ1v) is 9.72. The maximum absolute atomic E-state index is 12.3. The number of hydrogen-bond acceptors (Lipinski definition) is 3. The quantitative estimate of drug-likeness (QED) is 0.739. The second-order valence-electron chi connectivity index (χ2n) is 5.37. The van der Waals surface area contributed by atoms with Crippen LogP contribution in [-0.4, -0.2) is 27.1 Å². The van der Waals surface area contributed by atoms with Crippen LogP contribution in [-0.2, 0) is 16.4 Å². The van der Waals surface area contributed by atoms with Gasteiger partial charge in [0.1, 0.15) is 0 Å².